The number of ether oxygens (including phenoxy) is 1. The Morgan fingerprint density at radius 3 is 2.88 bits per heavy atom. The number of pyridine rings is 2. The van der Waals surface area contributed by atoms with E-state index in [4.69, 9.17) is 4.74 Å². The Morgan fingerprint density at radius 1 is 1.44 bits per heavy atom. The lowest BCUT2D eigenvalue weighted by Crippen LogP contribution is -2.35. The third-order valence-electron chi connectivity index (χ3n) is 4.25. The fraction of sp³-hybridized carbons (Fsp3) is 0.389. The van der Waals surface area contributed by atoms with Gasteiger partial charge in [0.05, 0.1) is 12.8 Å². The fourth-order valence-corrected chi connectivity index (χ4v) is 2.67. The summed E-state index contributed by atoms with van der Waals surface area (Å²) in [5, 5.41) is 12.8. The highest BCUT2D eigenvalue weighted by molar-refractivity contribution is 5.95. The zero-order chi connectivity index (χ0) is 18.0. The number of carbonyl (C=O) groups is 1. The van der Waals surface area contributed by atoms with E-state index in [0.717, 1.165) is 12.8 Å². The Morgan fingerprint density at radius 2 is 2.20 bits per heavy atom. The highest BCUT2D eigenvalue weighted by Crippen LogP contribution is 2.33. The predicted molar refractivity (Wildman–Crippen MR) is 91.8 cm³/mol. The summed E-state index contributed by atoms with van der Waals surface area (Å²) in [6.07, 6.45) is 2.67. The van der Waals surface area contributed by atoms with Crippen LogP contribution in [-0.2, 0) is 0 Å². The molecule has 2 aromatic heterocycles. The van der Waals surface area contributed by atoms with E-state index in [2.05, 4.69) is 10.3 Å². The molecule has 1 aliphatic rings. The number of nitrogens with one attached hydrogen (secondary N) is 1. The molecule has 2 N–H and O–H groups in total. The lowest BCUT2D eigenvalue weighted by molar-refractivity contribution is 0.0911. The number of aliphatic hydroxyl groups excluding tert-OH is 1. The van der Waals surface area contributed by atoms with Gasteiger partial charge in [0.2, 0.25) is 5.88 Å². The van der Waals surface area contributed by atoms with Crippen LogP contribution < -0.4 is 15.6 Å². The maximum absolute atomic E-state index is 12.5. The van der Waals surface area contributed by atoms with E-state index >= 15 is 0 Å². The number of aliphatic hydroxyl groups is 1. The lowest BCUT2D eigenvalue weighted by Gasteiger charge is -2.14. The van der Waals surface area contributed by atoms with Gasteiger partial charge in [0.25, 0.3) is 11.5 Å². The topological polar surface area (TPSA) is 93.5 Å². The molecule has 1 unspecified atom stereocenters. The number of hydrogen-bond donors (Lipinski definition) is 2. The van der Waals surface area contributed by atoms with Crippen molar-refractivity contribution in [2.45, 2.75) is 31.9 Å². The molecule has 1 fully saturated rings. The zero-order valence-electron chi connectivity index (χ0n) is 14.2. The summed E-state index contributed by atoms with van der Waals surface area (Å²) in [6, 6.07) is 7.00. The predicted octanol–water partition coefficient (Wildman–Crippen LogP) is 1.36. The first-order valence-corrected chi connectivity index (χ1v) is 8.20. The third-order valence-corrected chi connectivity index (χ3v) is 4.25. The molecule has 1 aliphatic carbocycles. The Hall–Kier alpha value is -2.67. The Balaban J connectivity index is 1.72. The number of amides is 1. The zero-order valence-corrected chi connectivity index (χ0v) is 14.2. The van der Waals surface area contributed by atoms with Crippen molar-refractivity contribution in [3.8, 4) is 5.88 Å². The van der Waals surface area contributed by atoms with Gasteiger partial charge in [0.1, 0.15) is 11.7 Å². The van der Waals surface area contributed by atoms with Crippen molar-refractivity contribution in [3.63, 3.8) is 0 Å². The van der Waals surface area contributed by atoms with Crippen LogP contribution in [0.25, 0.3) is 0 Å². The normalized spacial score (nSPS) is 14.8. The molecule has 2 heterocycles. The molecule has 0 aromatic carbocycles. The van der Waals surface area contributed by atoms with Crippen molar-refractivity contribution in [2.75, 3.05) is 13.7 Å². The summed E-state index contributed by atoms with van der Waals surface area (Å²) in [7, 11) is 1.49. The summed E-state index contributed by atoms with van der Waals surface area (Å²) in [4.78, 5) is 29.1. The van der Waals surface area contributed by atoms with Gasteiger partial charge in [-0.15, -0.1) is 0 Å². The number of rotatable bonds is 6. The van der Waals surface area contributed by atoms with Crippen LogP contribution in [0.5, 0.6) is 5.88 Å². The summed E-state index contributed by atoms with van der Waals surface area (Å²) >= 11 is 0. The average Bonchev–Trinajstić information content (AvgIpc) is 3.44. The number of aryl methyl sites for hydroxylation is 1. The summed E-state index contributed by atoms with van der Waals surface area (Å²) in [6.45, 7) is 1.68. The molecule has 1 atom stereocenters. The van der Waals surface area contributed by atoms with Crippen LogP contribution in [0.3, 0.4) is 0 Å². The summed E-state index contributed by atoms with van der Waals surface area (Å²) in [5.41, 5.74) is 0.849. The molecule has 0 saturated heterocycles. The van der Waals surface area contributed by atoms with Gasteiger partial charge in [-0.25, -0.2) is 4.98 Å². The Bertz CT molecular complexity index is 842. The standard InChI is InChI=1S/C18H21N3O4/c1-11-8-9-21(12-6-7-12)18(24)16(11)17(23)19-10-14(22)13-4-3-5-15(20-13)25-2/h3-5,8-9,12,14,22H,6-7,10H2,1-2H3,(H,19,23). The number of carbonyl (C=O) groups excluding carboxylic acids is 1. The second-order valence-corrected chi connectivity index (χ2v) is 6.15. The molecule has 0 bridgehead atoms. The van der Waals surface area contributed by atoms with E-state index in [9.17, 15) is 14.7 Å². The first-order valence-electron chi connectivity index (χ1n) is 8.20. The second kappa shape index (κ2) is 7.06. The number of hydrogen-bond acceptors (Lipinski definition) is 5. The van der Waals surface area contributed by atoms with Crippen molar-refractivity contribution < 1.29 is 14.6 Å². The molecule has 7 heteroatoms. The molecule has 0 radical (unpaired) electrons. The first kappa shape index (κ1) is 17.2. The van der Waals surface area contributed by atoms with Crippen LogP contribution in [0, 0.1) is 6.92 Å². The maximum Gasteiger partial charge on any atom is 0.263 e. The van der Waals surface area contributed by atoms with E-state index < -0.39 is 12.0 Å². The molecular formula is C18H21N3O4. The van der Waals surface area contributed by atoms with Gasteiger partial charge < -0.3 is 19.7 Å². The molecule has 7 nitrogen and oxygen atoms in total. The van der Waals surface area contributed by atoms with E-state index in [1.807, 2.05) is 0 Å². The first-order chi connectivity index (χ1) is 12.0. The van der Waals surface area contributed by atoms with E-state index in [1.165, 1.54) is 7.11 Å². The lowest BCUT2D eigenvalue weighted by atomic mass is 10.1. The maximum atomic E-state index is 12.5. The minimum atomic E-state index is -0.992. The number of aromatic nitrogens is 2. The van der Waals surface area contributed by atoms with E-state index in [-0.39, 0.29) is 23.7 Å². The Labute approximate surface area is 145 Å². The van der Waals surface area contributed by atoms with E-state index in [1.54, 1.807) is 42.0 Å². The van der Waals surface area contributed by atoms with E-state index in [0.29, 0.717) is 17.1 Å². The number of nitrogens with zero attached hydrogens (tertiary/aromatic N) is 2. The van der Waals surface area contributed by atoms with Gasteiger partial charge in [0.15, 0.2) is 0 Å². The van der Waals surface area contributed by atoms with Gasteiger partial charge in [-0.2, -0.15) is 0 Å². The molecule has 3 rings (SSSR count). The summed E-state index contributed by atoms with van der Waals surface area (Å²) in [5.74, 6) is -0.103. The van der Waals surface area contributed by atoms with Gasteiger partial charge in [-0.05, 0) is 37.5 Å². The third kappa shape index (κ3) is 3.71. The van der Waals surface area contributed by atoms with Crippen LogP contribution >= 0.6 is 0 Å². The largest absolute Gasteiger partial charge is 0.481 e. The van der Waals surface area contributed by atoms with Crippen LogP contribution in [0.1, 0.15) is 46.6 Å². The van der Waals surface area contributed by atoms with Crippen LogP contribution in [0.2, 0.25) is 0 Å². The highest BCUT2D eigenvalue weighted by Gasteiger charge is 2.27. The average molecular weight is 343 g/mol. The number of methoxy groups -OCH3 is 1. The van der Waals surface area contributed by atoms with Crippen molar-refractivity contribution in [1.29, 1.82) is 0 Å². The minimum absolute atomic E-state index is 0.0454. The van der Waals surface area contributed by atoms with Crippen molar-refractivity contribution >= 4 is 5.91 Å². The molecule has 2 aromatic rings. The van der Waals surface area contributed by atoms with Crippen LogP contribution in [-0.4, -0.2) is 34.2 Å². The molecule has 132 valence electrons. The minimum Gasteiger partial charge on any atom is -0.481 e. The smallest absolute Gasteiger partial charge is 0.263 e. The monoisotopic (exact) mass is 343 g/mol. The summed E-state index contributed by atoms with van der Waals surface area (Å²) < 4.78 is 6.63. The second-order valence-electron chi connectivity index (χ2n) is 6.15. The molecule has 0 aliphatic heterocycles. The molecule has 25 heavy (non-hydrogen) atoms. The SMILES string of the molecule is COc1cccc(C(O)CNC(=O)c2c(C)ccn(C3CC3)c2=O)n1. The molecule has 1 amide bonds. The van der Waals surface area contributed by atoms with Crippen molar-refractivity contribution in [3.05, 3.63) is 57.6 Å². The quantitative estimate of drug-likeness (QED) is 0.826. The van der Waals surface area contributed by atoms with Crippen LogP contribution in [0.15, 0.2) is 35.3 Å². The van der Waals surface area contributed by atoms with Gasteiger partial charge >= 0.3 is 0 Å². The fourth-order valence-electron chi connectivity index (χ4n) is 2.67. The molecule has 0 spiro atoms. The molecule has 1 saturated carbocycles. The van der Waals surface area contributed by atoms with Gasteiger partial charge in [0, 0.05) is 24.8 Å². The van der Waals surface area contributed by atoms with Crippen LogP contribution in [0.4, 0.5) is 0 Å². The van der Waals surface area contributed by atoms with Gasteiger partial charge in [-0.1, -0.05) is 6.07 Å². The van der Waals surface area contributed by atoms with Gasteiger partial charge in [-0.3, -0.25) is 9.59 Å². The highest BCUT2D eigenvalue weighted by atomic mass is 16.5. The van der Waals surface area contributed by atoms with Crippen molar-refractivity contribution in [2.24, 2.45) is 0 Å². The Kier molecular flexibility index (Phi) is 4.85. The van der Waals surface area contributed by atoms with Crippen molar-refractivity contribution in [1.82, 2.24) is 14.9 Å². The molecular weight excluding hydrogens is 322 g/mol.